The second-order valence-corrected chi connectivity index (χ2v) is 7.13. The largest absolute Gasteiger partial charge is 0.496 e. The second-order valence-electron chi connectivity index (χ2n) is 5.51. The summed E-state index contributed by atoms with van der Waals surface area (Å²) in [5.74, 6) is -0.549. The number of rotatable bonds is 8. The molecule has 1 amide bonds. The number of carbonyl (C=O) groups excluding carboxylic acids is 1. The van der Waals surface area contributed by atoms with Gasteiger partial charge in [0.05, 0.1) is 14.2 Å². The Morgan fingerprint density at radius 3 is 2.43 bits per heavy atom. The van der Waals surface area contributed by atoms with Crippen molar-refractivity contribution >= 4 is 32.7 Å². The van der Waals surface area contributed by atoms with E-state index in [1.807, 2.05) is 0 Å². The van der Waals surface area contributed by atoms with E-state index in [9.17, 15) is 13.2 Å². The minimum absolute atomic E-state index is 0.00855. The maximum Gasteiger partial charge on any atom is 0.270 e. The summed E-state index contributed by atoms with van der Waals surface area (Å²) in [4.78, 5) is 10.7. The molecule has 0 bridgehead atoms. The highest BCUT2D eigenvalue weighted by atomic mass is 32.2. The summed E-state index contributed by atoms with van der Waals surface area (Å²) in [6.07, 6.45) is 0. The van der Waals surface area contributed by atoms with Gasteiger partial charge >= 0.3 is 0 Å². The Morgan fingerprint density at radius 2 is 1.75 bits per heavy atom. The van der Waals surface area contributed by atoms with Crippen LogP contribution in [0.1, 0.15) is 0 Å². The first-order valence-corrected chi connectivity index (χ1v) is 9.39. The fourth-order valence-corrected chi connectivity index (χ4v) is 3.87. The van der Waals surface area contributed by atoms with Crippen LogP contribution in [0.2, 0.25) is 0 Å². The molecule has 0 aliphatic rings. The van der Waals surface area contributed by atoms with Crippen molar-refractivity contribution in [2.75, 3.05) is 25.5 Å². The molecule has 0 aliphatic heterocycles. The molecule has 28 heavy (non-hydrogen) atoms. The summed E-state index contributed by atoms with van der Waals surface area (Å²) >= 11 is 0. The van der Waals surface area contributed by atoms with Gasteiger partial charge in [0.2, 0.25) is 0 Å². The van der Waals surface area contributed by atoms with Gasteiger partial charge in [-0.05, 0) is 24.3 Å². The second kappa shape index (κ2) is 7.64. The van der Waals surface area contributed by atoms with Gasteiger partial charge < -0.3 is 24.5 Å². The van der Waals surface area contributed by atoms with Crippen LogP contribution in [0.3, 0.4) is 0 Å². The first-order chi connectivity index (χ1) is 13.4. The number of sulfonamides is 1. The van der Waals surface area contributed by atoms with Crippen LogP contribution in [0, 0.1) is 0 Å². The number of ether oxygens (including phenoxy) is 3. The van der Waals surface area contributed by atoms with Gasteiger partial charge in [-0.1, -0.05) is 17.3 Å². The van der Waals surface area contributed by atoms with Gasteiger partial charge in [0.25, 0.3) is 15.9 Å². The van der Waals surface area contributed by atoms with E-state index in [2.05, 4.69) is 9.88 Å². The Bertz CT molecular complexity index is 1120. The van der Waals surface area contributed by atoms with Crippen LogP contribution < -0.4 is 24.7 Å². The van der Waals surface area contributed by atoms with Gasteiger partial charge in [-0.15, -0.1) is 0 Å². The van der Waals surface area contributed by atoms with Gasteiger partial charge in [-0.2, -0.15) is 0 Å². The molecular formula is C17H17N3O7S. The first kappa shape index (κ1) is 19.3. The Kier molecular flexibility index (Phi) is 5.27. The maximum atomic E-state index is 13.1. The summed E-state index contributed by atoms with van der Waals surface area (Å²) in [5.41, 5.74) is 5.41. The third-order valence-electron chi connectivity index (χ3n) is 3.71. The summed E-state index contributed by atoms with van der Waals surface area (Å²) in [7, 11) is -1.50. The van der Waals surface area contributed by atoms with Crippen LogP contribution in [0.4, 0.5) is 5.82 Å². The molecule has 0 atom stereocenters. The lowest BCUT2D eigenvalue weighted by atomic mass is 10.2. The minimum atomic E-state index is -4.25. The van der Waals surface area contributed by atoms with E-state index in [1.165, 1.54) is 32.4 Å². The highest BCUT2D eigenvalue weighted by molar-refractivity contribution is 7.93. The number of carbonyl (C=O) groups is 1. The number of benzene rings is 2. The molecule has 0 saturated heterocycles. The predicted octanol–water partition coefficient (Wildman–Crippen LogP) is 1.51. The molecule has 1 heterocycles. The lowest BCUT2D eigenvalue weighted by Gasteiger charge is -2.15. The zero-order valence-electron chi connectivity index (χ0n) is 15.0. The summed E-state index contributed by atoms with van der Waals surface area (Å²) in [6, 6.07) is 9.27. The number of methoxy groups -OCH3 is 2. The fourth-order valence-electron chi connectivity index (χ4n) is 2.56. The van der Waals surface area contributed by atoms with Crippen molar-refractivity contribution in [3.8, 4) is 17.2 Å². The monoisotopic (exact) mass is 407 g/mol. The number of nitrogens with one attached hydrogen (secondary N) is 1. The molecule has 0 spiro atoms. The molecule has 0 saturated carbocycles. The number of nitrogens with two attached hydrogens (primary N) is 1. The molecule has 1 aromatic heterocycles. The van der Waals surface area contributed by atoms with Crippen LogP contribution >= 0.6 is 0 Å². The highest BCUT2D eigenvalue weighted by Gasteiger charge is 2.28. The van der Waals surface area contributed by atoms with Crippen molar-refractivity contribution in [3.63, 3.8) is 0 Å². The first-order valence-electron chi connectivity index (χ1n) is 7.90. The molecule has 3 N–H and O–H groups in total. The zero-order chi connectivity index (χ0) is 20.3. The van der Waals surface area contributed by atoms with Crippen LogP contribution in [0.5, 0.6) is 17.2 Å². The molecule has 0 aliphatic carbocycles. The van der Waals surface area contributed by atoms with E-state index in [0.29, 0.717) is 16.7 Å². The summed E-state index contributed by atoms with van der Waals surface area (Å²) < 4.78 is 49.3. The minimum Gasteiger partial charge on any atom is -0.496 e. The molecular weight excluding hydrogens is 390 g/mol. The standard InChI is InChI=1S/C17H17N3O7S/c1-24-10-5-3-6-11-15(10)17(19-27-11)20-28(22,23)16-12(25-2)7-4-8-13(16)26-9-14(18)21/h3-8H,9H2,1-2H3,(H2,18,21)(H,19,20). The molecule has 148 valence electrons. The smallest absolute Gasteiger partial charge is 0.270 e. The average Bonchev–Trinajstić information content (AvgIpc) is 3.08. The molecule has 0 radical (unpaired) electrons. The number of primary amides is 1. The quantitative estimate of drug-likeness (QED) is 0.572. The number of hydrogen-bond donors (Lipinski definition) is 2. The van der Waals surface area contributed by atoms with E-state index in [1.54, 1.807) is 18.2 Å². The van der Waals surface area contributed by atoms with E-state index >= 15 is 0 Å². The fraction of sp³-hybridized carbons (Fsp3) is 0.176. The number of anilines is 1. The average molecular weight is 407 g/mol. The van der Waals surface area contributed by atoms with Gasteiger partial charge in [0.1, 0.15) is 22.6 Å². The van der Waals surface area contributed by atoms with Crippen molar-refractivity contribution in [2.24, 2.45) is 5.73 Å². The summed E-state index contributed by atoms with van der Waals surface area (Å²) in [5, 5.41) is 4.12. The SMILES string of the molecule is COc1cccc(OCC(N)=O)c1S(=O)(=O)Nc1noc2cccc(OC)c12. The zero-order valence-corrected chi connectivity index (χ0v) is 15.8. The van der Waals surface area contributed by atoms with Crippen molar-refractivity contribution in [2.45, 2.75) is 4.90 Å². The van der Waals surface area contributed by atoms with E-state index in [0.717, 1.165) is 0 Å². The molecule has 11 heteroatoms. The third kappa shape index (κ3) is 3.64. The number of amides is 1. The molecule has 0 unspecified atom stereocenters. The Morgan fingerprint density at radius 1 is 1.11 bits per heavy atom. The van der Waals surface area contributed by atoms with Crippen molar-refractivity contribution in [3.05, 3.63) is 36.4 Å². The number of nitrogens with zero attached hydrogens (tertiary/aromatic N) is 1. The van der Waals surface area contributed by atoms with E-state index in [-0.39, 0.29) is 22.2 Å². The normalized spacial score (nSPS) is 11.2. The maximum absolute atomic E-state index is 13.1. The van der Waals surface area contributed by atoms with Gasteiger partial charge in [0.15, 0.2) is 22.9 Å². The Balaban J connectivity index is 2.08. The van der Waals surface area contributed by atoms with Crippen molar-refractivity contribution in [1.29, 1.82) is 0 Å². The summed E-state index contributed by atoms with van der Waals surface area (Å²) in [6.45, 7) is -0.504. The number of hydrogen-bond acceptors (Lipinski definition) is 8. The van der Waals surface area contributed by atoms with Crippen molar-refractivity contribution < 1.29 is 31.9 Å². The molecule has 0 fully saturated rings. The molecule has 3 aromatic rings. The van der Waals surface area contributed by atoms with Gasteiger partial charge in [-0.25, -0.2) is 8.42 Å². The van der Waals surface area contributed by atoms with Crippen LogP contribution in [0.15, 0.2) is 45.8 Å². The Labute approximate surface area is 160 Å². The lowest BCUT2D eigenvalue weighted by Crippen LogP contribution is -2.22. The third-order valence-corrected chi connectivity index (χ3v) is 5.11. The highest BCUT2D eigenvalue weighted by Crippen LogP contribution is 2.37. The topological polar surface area (TPSA) is 143 Å². The molecule has 3 rings (SSSR count). The molecule has 10 nitrogen and oxygen atoms in total. The Hall–Kier alpha value is -3.47. The van der Waals surface area contributed by atoms with Crippen LogP contribution in [-0.2, 0) is 14.8 Å². The lowest BCUT2D eigenvalue weighted by molar-refractivity contribution is -0.120. The number of aromatic nitrogens is 1. The van der Waals surface area contributed by atoms with Crippen LogP contribution in [-0.4, -0.2) is 40.3 Å². The van der Waals surface area contributed by atoms with E-state index in [4.69, 9.17) is 24.5 Å². The molecule has 2 aromatic carbocycles. The predicted molar refractivity (Wildman–Crippen MR) is 99.1 cm³/mol. The van der Waals surface area contributed by atoms with Crippen LogP contribution in [0.25, 0.3) is 11.0 Å². The van der Waals surface area contributed by atoms with E-state index < -0.39 is 22.5 Å². The van der Waals surface area contributed by atoms with Gasteiger partial charge in [-0.3, -0.25) is 9.52 Å². The van der Waals surface area contributed by atoms with Gasteiger partial charge in [0, 0.05) is 0 Å². The number of fused-ring (bicyclic) bond motifs is 1. The van der Waals surface area contributed by atoms with Crippen molar-refractivity contribution in [1.82, 2.24) is 5.16 Å².